The van der Waals surface area contributed by atoms with Crippen molar-refractivity contribution in [1.29, 1.82) is 0 Å². The van der Waals surface area contributed by atoms with Crippen molar-refractivity contribution in [2.24, 2.45) is 5.92 Å². The minimum absolute atomic E-state index is 0.227. The number of hydrogen-bond acceptors (Lipinski definition) is 3. The summed E-state index contributed by atoms with van der Waals surface area (Å²) in [5.41, 5.74) is 2.40. The molecule has 152 valence electrons. The highest BCUT2D eigenvalue weighted by Gasteiger charge is 2.21. The smallest absolute Gasteiger partial charge is 0.323 e. The first kappa shape index (κ1) is 19.5. The average molecular weight is 401 g/mol. The molecule has 0 bridgehead atoms. The topological polar surface area (TPSA) is 79.5 Å². The number of carbonyl (C=O) groups is 2. The fraction of sp³-hybridized carbons (Fsp3) is 0.167. The molecule has 0 saturated heterocycles. The summed E-state index contributed by atoms with van der Waals surface area (Å²) in [5.74, 6) is 1.23. The molecule has 1 saturated carbocycles. The van der Waals surface area contributed by atoms with Crippen LogP contribution >= 0.6 is 0 Å². The van der Waals surface area contributed by atoms with Gasteiger partial charge in [0.25, 0.3) is 5.91 Å². The minimum atomic E-state index is -0.355. The molecule has 0 atom stereocenters. The van der Waals surface area contributed by atoms with Gasteiger partial charge in [-0.05, 0) is 73.4 Å². The fourth-order valence-corrected chi connectivity index (χ4v) is 2.89. The molecule has 0 aliphatic heterocycles. The van der Waals surface area contributed by atoms with E-state index in [4.69, 9.17) is 4.74 Å². The van der Waals surface area contributed by atoms with Gasteiger partial charge in [0.2, 0.25) is 0 Å². The lowest BCUT2D eigenvalue weighted by Crippen LogP contribution is -2.19. The molecule has 1 aliphatic rings. The zero-order valence-corrected chi connectivity index (χ0v) is 16.4. The monoisotopic (exact) mass is 401 g/mol. The van der Waals surface area contributed by atoms with E-state index < -0.39 is 0 Å². The number of benzene rings is 3. The molecular formula is C24H23N3O3. The summed E-state index contributed by atoms with van der Waals surface area (Å²) in [7, 11) is 0. The van der Waals surface area contributed by atoms with Crippen molar-refractivity contribution in [3.63, 3.8) is 0 Å². The highest BCUT2D eigenvalue weighted by Crippen LogP contribution is 2.29. The number of urea groups is 1. The van der Waals surface area contributed by atoms with Crippen LogP contribution < -0.4 is 20.7 Å². The zero-order valence-electron chi connectivity index (χ0n) is 16.4. The average Bonchev–Trinajstić information content (AvgIpc) is 3.58. The Balaban J connectivity index is 1.32. The number of ether oxygens (including phenoxy) is 1. The highest BCUT2D eigenvalue weighted by atomic mass is 16.5. The Labute approximate surface area is 175 Å². The number of hydrogen-bond donors (Lipinski definition) is 3. The molecule has 3 aromatic carbocycles. The molecule has 0 radical (unpaired) electrons. The molecular weight excluding hydrogens is 378 g/mol. The van der Waals surface area contributed by atoms with Gasteiger partial charge in [-0.15, -0.1) is 0 Å². The molecule has 1 aliphatic carbocycles. The van der Waals surface area contributed by atoms with E-state index in [1.54, 1.807) is 48.5 Å². The molecule has 1 fully saturated rings. The van der Waals surface area contributed by atoms with Crippen LogP contribution in [-0.4, -0.2) is 18.5 Å². The molecule has 3 amide bonds. The number of rotatable bonds is 7. The van der Waals surface area contributed by atoms with Gasteiger partial charge in [-0.3, -0.25) is 4.79 Å². The SMILES string of the molecule is O=C(Nc1ccccc1)Nc1cccc(NC(=O)c2ccc(OCC3CC3)cc2)c1. The van der Waals surface area contributed by atoms with E-state index in [9.17, 15) is 9.59 Å². The van der Waals surface area contributed by atoms with Crippen LogP contribution in [0.15, 0.2) is 78.9 Å². The molecule has 3 N–H and O–H groups in total. The number of nitrogens with one attached hydrogen (secondary N) is 3. The van der Waals surface area contributed by atoms with Crippen molar-refractivity contribution < 1.29 is 14.3 Å². The van der Waals surface area contributed by atoms with Gasteiger partial charge in [0, 0.05) is 22.6 Å². The first-order valence-electron chi connectivity index (χ1n) is 9.93. The zero-order chi connectivity index (χ0) is 20.8. The van der Waals surface area contributed by atoms with Crippen molar-refractivity contribution in [2.75, 3.05) is 22.6 Å². The maximum Gasteiger partial charge on any atom is 0.323 e. The quantitative estimate of drug-likeness (QED) is 0.498. The van der Waals surface area contributed by atoms with Crippen LogP contribution in [0, 0.1) is 5.92 Å². The van der Waals surface area contributed by atoms with Crippen LogP contribution in [0.3, 0.4) is 0 Å². The fourth-order valence-electron chi connectivity index (χ4n) is 2.89. The van der Waals surface area contributed by atoms with Crippen molar-refractivity contribution in [2.45, 2.75) is 12.8 Å². The van der Waals surface area contributed by atoms with E-state index in [0.29, 0.717) is 28.5 Å². The van der Waals surface area contributed by atoms with Gasteiger partial charge in [0.1, 0.15) is 5.75 Å². The van der Waals surface area contributed by atoms with Gasteiger partial charge >= 0.3 is 6.03 Å². The predicted molar refractivity (Wildman–Crippen MR) is 118 cm³/mol. The van der Waals surface area contributed by atoms with Gasteiger partial charge in [-0.25, -0.2) is 4.79 Å². The second-order valence-electron chi connectivity index (χ2n) is 7.26. The van der Waals surface area contributed by atoms with Gasteiger partial charge in [-0.2, -0.15) is 0 Å². The molecule has 0 aromatic heterocycles. The van der Waals surface area contributed by atoms with E-state index in [1.165, 1.54) is 12.8 Å². The Morgan fingerprint density at radius 1 is 0.767 bits per heavy atom. The molecule has 6 heteroatoms. The summed E-state index contributed by atoms with van der Waals surface area (Å²) in [5, 5.41) is 8.36. The van der Waals surface area contributed by atoms with Crippen molar-refractivity contribution in [1.82, 2.24) is 0 Å². The molecule has 0 heterocycles. The summed E-state index contributed by atoms with van der Waals surface area (Å²) in [6.45, 7) is 0.739. The molecule has 0 spiro atoms. The molecule has 0 unspecified atom stereocenters. The van der Waals surface area contributed by atoms with Gasteiger partial charge in [0.15, 0.2) is 0 Å². The summed E-state index contributed by atoms with van der Waals surface area (Å²) in [6, 6.07) is 22.9. The Hall–Kier alpha value is -3.80. The number of para-hydroxylation sites is 1. The molecule has 30 heavy (non-hydrogen) atoms. The van der Waals surface area contributed by atoms with Crippen molar-refractivity contribution >= 4 is 29.0 Å². The number of anilines is 3. The number of carbonyl (C=O) groups excluding carboxylic acids is 2. The third kappa shape index (κ3) is 5.61. The van der Waals surface area contributed by atoms with Crippen molar-refractivity contribution in [3.05, 3.63) is 84.4 Å². The normalized spacial score (nSPS) is 12.7. The summed E-state index contributed by atoms with van der Waals surface area (Å²) >= 11 is 0. The standard InChI is InChI=1S/C24H23N3O3/c28-23(18-11-13-22(14-12-18)30-16-17-9-10-17)25-20-7-4-8-21(15-20)27-24(29)26-19-5-2-1-3-6-19/h1-8,11-15,17H,9-10,16H2,(H,25,28)(H2,26,27,29). The van der Waals surface area contributed by atoms with E-state index in [2.05, 4.69) is 16.0 Å². The first-order chi connectivity index (χ1) is 14.7. The predicted octanol–water partition coefficient (Wildman–Crippen LogP) is 5.37. The first-order valence-corrected chi connectivity index (χ1v) is 9.93. The molecule has 4 rings (SSSR count). The summed E-state index contributed by atoms with van der Waals surface area (Å²) in [6.07, 6.45) is 2.48. The largest absolute Gasteiger partial charge is 0.493 e. The maximum absolute atomic E-state index is 12.5. The van der Waals surface area contributed by atoms with Crippen molar-refractivity contribution in [3.8, 4) is 5.75 Å². The highest BCUT2D eigenvalue weighted by molar-refractivity contribution is 6.05. The van der Waals surface area contributed by atoms with Crippen LogP contribution in [0.5, 0.6) is 5.75 Å². The van der Waals surface area contributed by atoms with Crippen LogP contribution in [-0.2, 0) is 0 Å². The summed E-state index contributed by atoms with van der Waals surface area (Å²) < 4.78 is 5.70. The molecule has 6 nitrogen and oxygen atoms in total. The van der Waals surface area contributed by atoms with Crippen LogP contribution in [0.2, 0.25) is 0 Å². The Morgan fingerprint density at radius 2 is 1.40 bits per heavy atom. The third-order valence-electron chi connectivity index (χ3n) is 4.71. The Morgan fingerprint density at radius 3 is 2.10 bits per heavy atom. The lowest BCUT2D eigenvalue weighted by atomic mass is 10.2. The van der Waals surface area contributed by atoms with Crippen LogP contribution in [0.25, 0.3) is 0 Å². The lowest BCUT2D eigenvalue weighted by Gasteiger charge is -2.10. The lowest BCUT2D eigenvalue weighted by molar-refractivity contribution is 0.102. The Kier molecular flexibility index (Phi) is 5.94. The maximum atomic E-state index is 12.5. The van der Waals surface area contributed by atoms with E-state index in [0.717, 1.165) is 12.4 Å². The second kappa shape index (κ2) is 9.13. The van der Waals surface area contributed by atoms with Gasteiger partial charge < -0.3 is 20.7 Å². The Bertz CT molecular complexity index is 1020. The van der Waals surface area contributed by atoms with Gasteiger partial charge in [0.05, 0.1) is 6.61 Å². The molecule has 3 aromatic rings. The van der Waals surface area contributed by atoms with E-state index >= 15 is 0 Å². The second-order valence-corrected chi connectivity index (χ2v) is 7.26. The minimum Gasteiger partial charge on any atom is -0.493 e. The third-order valence-corrected chi connectivity index (χ3v) is 4.71. The van der Waals surface area contributed by atoms with E-state index in [1.807, 2.05) is 30.3 Å². The van der Waals surface area contributed by atoms with Gasteiger partial charge in [-0.1, -0.05) is 24.3 Å². The van der Waals surface area contributed by atoms with Crippen LogP contribution in [0.1, 0.15) is 23.2 Å². The van der Waals surface area contributed by atoms with E-state index in [-0.39, 0.29) is 11.9 Å². The summed E-state index contributed by atoms with van der Waals surface area (Å²) in [4.78, 5) is 24.7. The van der Waals surface area contributed by atoms with Crippen LogP contribution in [0.4, 0.5) is 21.9 Å². The number of amides is 3.